The van der Waals surface area contributed by atoms with Gasteiger partial charge in [0.15, 0.2) is 11.5 Å². The summed E-state index contributed by atoms with van der Waals surface area (Å²) < 4.78 is 37.6. The molecule has 0 bridgehead atoms. The predicted molar refractivity (Wildman–Crippen MR) is 148 cm³/mol. The van der Waals surface area contributed by atoms with Crippen LogP contribution in [0.3, 0.4) is 0 Å². The number of carbonyl (C=O) groups excluding carboxylic acids is 1. The van der Waals surface area contributed by atoms with Crippen molar-refractivity contribution in [3.63, 3.8) is 0 Å². The Hall–Kier alpha value is -3.48. The minimum absolute atomic E-state index is 0.00689. The number of nitriles is 1. The Labute approximate surface area is 234 Å². The fourth-order valence-electron chi connectivity index (χ4n) is 3.01. The van der Waals surface area contributed by atoms with Gasteiger partial charge in [0.25, 0.3) is 11.6 Å². The number of nitrogens with zero attached hydrogens (tertiary/aromatic N) is 2. The van der Waals surface area contributed by atoms with Crippen molar-refractivity contribution >= 4 is 72.0 Å². The van der Waals surface area contributed by atoms with E-state index >= 15 is 0 Å². The summed E-state index contributed by atoms with van der Waals surface area (Å²) in [4.78, 5) is 22.5. The van der Waals surface area contributed by atoms with Gasteiger partial charge in [-0.1, -0.05) is 12.1 Å². The summed E-state index contributed by atoms with van der Waals surface area (Å²) >= 11 is 5.35. The van der Waals surface area contributed by atoms with Crippen molar-refractivity contribution in [1.82, 2.24) is 0 Å². The van der Waals surface area contributed by atoms with Gasteiger partial charge in [0.1, 0.15) is 16.5 Å². The summed E-state index contributed by atoms with van der Waals surface area (Å²) in [7, 11) is -4.47. The summed E-state index contributed by atoms with van der Waals surface area (Å²) in [6.45, 7) is 1.82. The number of rotatable bonds is 9. The minimum Gasteiger partial charge on any atom is -0.490 e. The Kier molecular flexibility index (Phi) is 9.24. The molecular weight excluding hydrogens is 681 g/mol. The van der Waals surface area contributed by atoms with Crippen LogP contribution in [-0.4, -0.2) is 25.9 Å². The fraction of sp³-hybridized carbons (Fsp3) is 0.0833. The molecule has 13 heteroatoms. The Morgan fingerprint density at radius 1 is 1.22 bits per heavy atom. The first-order valence-corrected chi connectivity index (χ1v) is 13.7. The number of nitro benzene ring substituents is 1. The number of halogens is 2. The number of nitro groups is 1. The van der Waals surface area contributed by atoms with Crippen LogP contribution < -0.4 is 14.2 Å². The molecule has 0 atom stereocenters. The molecule has 0 aromatic heterocycles. The Morgan fingerprint density at radius 2 is 1.95 bits per heavy atom. The molecule has 10 nitrogen and oxygen atoms in total. The summed E-state index contributed by atoms with van der Waals surface area (Å²) in [5.74, 6) is -0.827. The maximum atomic E-state index is 12.9. The second-order valence-electron chi connectivity index (χ2n) is 7.19. The molecule has 190 valence electrons. The smallest absolute Gasteiger partial charge is 0.339 e. The molecule has 0 aliphatic rings. The molecule has 0 heterocycles. The van der Waals surface area contributed by atoms with Gasteiger partial charge >= 0.3 is 10.1 Å². The van der Waals surface area contributed by atoms with Crippen molar-refractivity contribution in [2.75, 3.05) is 11.9 Å². The second-order valence-corrected chi connectivity index (χ2v) is 10.8. The standard InChI is InChI=1S/C24H17BrIN3O7S/c1-2-35-22-11-15(9-16(14-27)24(30)28-18-6-3-5-17(26)12-18)10-21(25)23(22)36-37(33,34)20-8-4-7-19(13-20)29(31)32/h3-13H,2H2,1H3,(H,28,30)/b16-9+. The molecule has 0 aliphatic carbocycles. The molecule has 0 saturated carbocycles. The SMILES string of the molecule is CCOc1cc(/C=C(\C#N)C(=O)Nc2cccc(I)c2)cc(Br)c1OS(=O)(=O)c1cccc([N+](=O)[O-])c1. The van der Waals surface area contributed by atoms with E-state index in [2.05, 4.69) is 43.8 Å². The molecule has 0 radical (unpaired) electrons. The summed E-state index contributed by atoms with van der Waals surface area (Å²) in [6.07, 6.45) is 1.31. The lowest BCUT2D eigenvalue weighted by molar-refractivity contribution is -0.385. The zero-order valence-corrected chi connectivity index (χ0v) is 23.5. The Morgan fingerprint density at radius 3 is 2.59 bits per heavy atom. The van der Waals surface area contributed by atoms with Crippen LogP contribution in [0.25, 0.3) is 6.08 Å². The molecule has 1 amide bonds. The second kappa shape index (κ2) is 12.2. The number of anilines is 1. The maximum Gasteiger partial charge on any atom is 0.339 e. The van der Waals surface area contributed by atoms with E-state index in [1.165, 1.54) is 30.3 Å². The van der Waals surface area contributed by atoms with Gasteiger partial charge < -0.3 is 14.2 Å². The van der Waals surface area contributed by atoms with Crippen molar-refractivity contribution in [3.8, 4) is 17.6 Å². The van der Waals surface area contributed by atoms with Crippen LogP contribution in [0, 0.1) is 25.0 Å². The highest BCUT2D eigenvalue weighted by atomic mass is 127. The number of non-ortho nitro benzene ring substituents is 1. The first kappa shape index (κ1) is 28.1. The molecule has 0 aliphatic heterocycles. The quantitative estimate of drug-likeness (QED) is 0.0751. The van der Waals surface area contributed by atoms with E-state index in [9.17, 15) is 28.6 Å². The first-order valence-electron chi connectivity index (χ1n) is 10.4. The largest absolute Gasteiger partial charge is 0.490 e. The number of hydrogen-bond donors (Lipinski definition) is 1. The lowest BCUT2D eigenvalue weighted by Gasteiger charge is -2.14. The van der Waals surface area contributed by atoms with Gasteiger partial charge in [-0.3, -0.25) is 14.9 Å². The van der Waals surface area contributed by atoms with Gasteiger partial charge in [0, 0.05) is 21.4 Å². The van der Waals surface area contributed by atoms with Gasteiger partial charge in [0.05, 0.1) is 16.0 Å². The summed E-state index contributed by atoms with van der Waals surface area (Å²) in [6, 6.07) is 16.2. The topological polar surface area (TPSA) is 149 Å². The number of amides is 1. The average Bonchev–Trinajstić information content (AvgIpc) is 2.84. The van der Waals surface area contributed by atoms with Crippen LogP contribution in [-0.2, 0) is 14.9 Å². The average molecular weight is 698 g/mol. The van der Waals surface area contributed by atoms with Gasteiger partial charge in [-0.15, -0.1) is 0 Å². The third-order valence-electron chi connectivity index (χ3n) is 4.60. The lowest BCUT2D eigenvalue weighted by atomic mass is 10.1. The predicted octanol–water partition coefficient (Wildman–Crippen LogP) is 5.67. The number of carbonyl (C=O) groups is 1. The van der Waals surface area contributed by atoms with E-state index in [1.54, 1.807) is 25.1 Å². The molecule has 0 saturated heterocycles. The highest BCUT2D eigenvalue weighted by Crippen LogP contribution is 2.39. The lowest BCUT2D eigenvalue weighted by Crippen LogP contribution is -2.13. The molecule has 3 aromatic rings. The fourth-order valence-corrected chi connectivity index (χ4v) is 5.19. The van der Waals surface area contributed by atoms with Crippen LogP contribution >= 0.6 is 38.5 Å². The van der Waals surface area contributed by atoms with Gasteiger partial charge in [-0.05, 0) is 93.5 Å². The van der Waals surface area contributed by atoms with Crippen molar-refractivity contribution < 1.29 is 27.1 Å². The van der Waals surface area contributed by atoms with E-state index in [-0.39, 0.29) is 28.2 Å². The molecular formula is C24H17BrIN3O7S. The molecule has 0 fully saturated rings. The normalized spacial score (nSPS) is 11.4. The van der Waals surface area contributed by atoms with E-state index in [1.807, 2.05) is 12.1 Å². The molecule has 37 heavy (non-hydrogen) atoms. The number of nitrogens with one attached hydrogen (secondary N) is 1. The minimum atomic E-state index is -4.47. The first-order chi connectivity index (χ1) is 17.5. The Bertz CT molecular complexity index is 1550. The summed E-state index contributed by atoms with van der Waals surface area (Å²) in [5.41, 5.74) is 0.252. The molecule has 3 aromatic carbocycles. The van der Waals surface area contributed by atoms with Crippen LogP contribution in [0.15, 0.2) is 75.6 Å². The van der Waals surface area contributed by atoms with Crippen molar-refractivity contribution in [2.45, 2.75) is 11.8 Å². The zero-order valence-electron chi connectivity index (χ0n) is 19.0. The highest BCUT2D eigenvalue weighted by Gasteiger charge is 2.24. The van der Waals surface area contributed by atoms with Crippen molar-refractivity contribution in [2.24, 2.45) is 0 Å². The molecule has 3 rings (SSSR count). The Balaban J connectivity index is 1.96. The molecule has 1 N–H and O–H groups in total. The third kappa shape index (κ3) is 7.28. The third-order valence-corrected chi connectivity index (χ3v) is 7.08. The number of benzene rings is 3. The number of ether oxygens (including phenoxy) is 1. The zero-order chi connectivity index (χ0) is 27.2. The van der Waals surface area contributed by atoms with Crippen molar-refractivity contribution in [3.05, 3.63) is 90.0 Å². The molecule has 0 spiro atoms. The maximum absolute atomic E-state index is 12.9. The van der Waals surface area contributed by atoms with Crippen LogP contribution in [0.4, 0.5) is 11.4 Å². The van der Waals surface area contributed by atoms with Gasteiger partial charge in [-0.2, -0.15) is 13.7 Å². The van der Waals surface area contributed by atoms with E-state index < -0.39 is 31.5 Å². The van der Waals surface area contributed by atoms with Gasteiger partial charge in [-0.25, -0.2) is 0 Å². The highest BCUT2D eigenvalue weighted by molar-refractivity contribution is 14.1. The molecule has 0 unspecified atom stereocenters. The van der Waals surface area contributed by atoms with E-state index in [0.717, 1.165) is 15.7 Å². The summed E-state index contributed by atoms with van der Waals surface area (Å²) in [5, 5.41) is 23.2. The monoisotopic (exact) mass is 697 g/mol. The van der Waals surface area contributed by atoms with E-state index in [0.29, 0.717) is 11.3 Å². The van der Waals surface area contributed by atoms with Crippen LogP contribution in [0.5, 0.6) is 11.5 Å². The van der Waals surface area contributed by atoms with Gasteiger partial charge in [0.2, 0.25) is 0 Å². The van der Waals surface area contributed by atoms with Crippen LogP contribution in [0.1, 0.15) is 12.5 Å². The number of hydrogen-bond acceptors (Lipinski definition) is 8. The van der Waals surface area contributed by atoms with Crippen LogP contribution in [0.2, 0.25) is 0 Å². The van der Waals surface area contributed by atoms with Crippen molar-refractivity contribution in [1.29, 1.82) is 5.26 Å². The van der Waals surface area contributed by atoms with E-state index in [4.69, 9.17) is 8.92 Å².